The minimum Gasteiger partial charge on any atom is -0.357 e. The fourth-order valence-corrected chi connectivity index (χ4v) is 3.30. The quantitative estimate of drug-likeness (QED) is 0.451. The fourth-order valence-electron chi connectivity index (χ4n) is 2.83. The monoisotopic (exact) mass is 437 g/mol. The first kappa shape index (κ1) is 21.2. The number of aliphatic imine (C=N–C) groups is 1. The number of aryl methyl sites for hydroxylation is 1. The Hall–Kier alpha value is -2.09. The predicted octanol–water partition coefficient (Wildman–Crippen LogP) is 2.26. The van der Waals surface area contributed by atoms with Gasteiger partial charge in [0.25, 0.3) is 0 Å². The highest BCUT2D eigenvalue weighted by Crippen LogP contribution is 2.20. The van der Waals surface area contributed by atoms with Crippen LogP contribution in [0.1, 0.15) is 31.7 Å². The molecule has 2 rings (SSSR count). The maximum Gasteiger partial charge on any atom is 0.244 e. The van der Waals surface area contributed by atoms with Crippen molar-refractivity contribution in [2.24, 2.45) is 4.99 Å². The van der Waals surface area contributed by atoms with Crippen LogP contribution in [0.3, 0.4) is 0 Å². The van der Waals surface area contributed by atoms with Gasteiger partial charge in [-0.15, -0.1) is 0 Å². The van der Waals surface area contributed by atoms with Crippen LogP contribution in [-0.4, -0.2) is 55.4 Å². The van der Waals surface area contributed by atoms with Crippen LogP contribution in [0.15, 0.2) is 27.7 Å². The maximum atomic E-state index is 12.1. The van der Waals surface area contributed by atoms with Crippen LogP contribution in [0.4, 0.5) is 5.69 Å². The normalized spacial score (nSPS) is 14.2. The third kappa shape index (κ3) is 7.21. The molecule has 1 heterocycles. The lowest BCUT2D eigenvalue weighted by Gasteiger charge is -2.15. The van der Waals surface area contributed by atoms with Gasteiger partial charge in [-0.3, -0.25) is 9.59 Å². The van der Waals surface area contributed by atoms with Crippen LogP contribution in [0.2, 0.25) is 0 Å². The van der Waals surface area contributed by atoms with Crippen molar-refractivity contribution in [3.05, 3.63) is 28.2 Å². The Morgan fingerprint density at radius 1 is 1.22 bits per heavy atom. The summed E-state index contributed by atoms with van der Waals surface area (Å²) in [6.45, 7) is 6.81. The lowest BCUT2D eigenvalue weighted by atomic mass is 10.2. The van der Waals surface area contributed by atoms with Gasteiger partial charge in [0.15, 0.2) is 5.96 Å². The van der Waals surface area contributed by atoms with Crippen molar-refractivity contribution in [1.29, 1.82) is 0 Å². The lowest BCUT2D eigenvalue weighted by molar-refractivity contribution is -0.128. The number of likely N-dealkylation sites (tertiary alicyclic amines) is 1. The number of nitrogens with zero attached hydrogens (tertiary/aromatic N) is 2. The van der Waals surface area contributed by atoms with Crippen molar-refractivity contribution < 1.29 is 9.59 Å². The van der Waals surface area contributed by atoms with Crippen molar-refractivity contribution in [3.8, 4) is 0 Å². The van der Waals surface area contributed by atoms with E-state index in [0.717, 1.165) is 41.7 Å². The number of carbonyl (C=O) groups excluding carboxylic acids is 2. The number of hydrogen-bond donors (Lipinski definition) is 3. The molecule has 27 heavy (non-hydrogen) atoms. The van der Waals surface area contributed by atoms with Gasteiger partial charge in [-0.2, -0.15) is 0 Å². The molecule has 0 saturated carbocycles. The van der Waals surface area contributed by atoms with E-state index in [4.69, 9.17) is 0 Å². The van der Waals surface area contributed by atoms with E-state index in [1.54, 1.807) is 0 Å². The van der Waals surface area contributed by atoms with Crippen LogP contribution < -0.4 is 16.0 Å². The zero-order valence-corrected chi connectivity index (χ0v) is 17.6. The van der Waals surface area contributed by atoms with E-state index >= 15 is 0 Å². The van der Waals surface area contributed by atoms with Gasteiger partial charge in [0.1, 0.15) is 6.54 Å². The predicted molar refractivity (Wildman–Crippen MR) is 112 cm³/mol. The van der Waals surface area contributed by atoms with Gasteiger partial charge in [-0.05, 0) is 50.5 Å². The number of guanidine groups is 1. The molecule has 1 aliphatic heterocycles. The van der Waals surface area contributed by atoms with Crippen LogP contribution in [0.25, 0.3) is 0 Å². The summed E-state index contributed by atoms with van der Waals surface area (Å²) in [6, 6.07) is 5.73. The Morgan fingerprint density at radius 2 is 1.96 bits per heavy atom. The van der Waals surface area contributed by atoms with Crippen molar-refractivity contribution in [1.82, 2.24) is 15.5 Å². The SMILES string of the molecule is CCNC(=NCC(=O)N1CCCC1)NCCC(=O)Nc1ccc(Br)cc1C. The number of halogens is 1. The maximum absolute atomic E-state index is 12.1. The summed E-state index contributed by atoms with van der Waals surface area (Å²) in [5, 5.41) is 9.12. The smallest absolute Gasteiger partial charge is 0.244 e. The molecule has 1 aromatic rings. The van der Waals surface area contributed by atoms with Crippen molar-refractivity contribution in [2.45, 2.75) is 33.1 Å². The summed E-state index contributed by atoms with van der Waals surface area (Å²) in [5.74, 6) is 0.530. The number of rotatable bonds is 7. The lowest BCUT2D eigenvalue weighted by Crippen LogP contribution is -2.40. The molecular formula is C19H28BrN5O2. The molecule has 2 amide bonds. The van der Waals surface area contributed by atoms with Gasteiger partial charge in [-0.25, -0.2) is 4.99 Å². The topological polar surface area (TPSA) is 85.8 Å². The standard InChI is InChI=1S/C19H28BrN5O2/c1-3-21-19(23-13-18(27)25-10-4-5-11-25)22-9-8-17(26)24-16-7-6-15(20)12-14(16)2/h6-7,12H,3-5,8-11,13H2,1-2H3,(H,24,26)(H2,21,22,23). The molecular weight excluding hydrogens is 410 g/mol. The van der Waals surface area contributed by atoms with E-state index in [1.165, 1.54) is 0 Å². The Labute approximate surface area is 169 Å². The largest absolute Gasteiger partial charge is 0.357 e. The van der Waals surface area contributed by atoms with Gasteiger partial charge in [0, 0.05) is 42.8 Å². The van der Waals surface area contributed by atoms with Gasteiger partial charge in [0.05, 0.1) is 0 Å². The Balaban J connectivity index is 1.78. The third-order valence-electron chi connectivity index (χ3n) is 4.28. The van der Waals surface area contributed by atoms with Crippen LogP contribution in [0, 0.1) is 6.92 Å². The molecule has 0 spiro atoms. The van der Waals surface area contributed by atoms with Gasteiger partial charge in [-0.1, -0.05) is 15.9 Å². The molecule has 0 aromatic heterocycles. The molecule has 148 valence electrons. The van der Waals surface area contributed by atoms with Gasteiger partial charge >= 0.3 is 0 Å². The van der Waals surface area contributed by atoms with Gasteiger partial charge in [0.2, 0.25) is 11.8 Å². The Morgan fingerprint density at radius 3 is 2.63 bits per heavy atom. The van der Waals surface area contributed by atoms with E-state index in [1.807, 2.05) is 36.9 Å². The van der Waals surface area contributed by atoms with Crippen molar-refractivity contribution >= 4 is 39.4 Å². The molecule has 1 saturated heterocycles. The molecule has 1 aliphatic rings. The number of anilines is 1. The fraction of sp³-hybridized carbons (Fsp3) is 0.526. The van der Waals surface area contributed by atoms with E-state index in [2.05, 4.69) is 36.9 Å². The third-order valence-corrected chi connectivity index (χ3v) is 4.78. The van der Waals surface area contributed by atoms with Crippen LogP contribution in [0.5, 0.6) is 0 Å². The second-order valence-electron chi connectivity index (χ2n) is 6.47. The highest BCUT2D eigenvalue weighted by atomic mass is 79.9. The molecule has 8 heteroatoms. The van der Waals surface area contributed by atoms with Crippen molar-refractivity contribution in [2.75, 3.05) is 38.0 Å². The number of amides is 2. The Kier molecular flexibility index (Phi) is 8.57. The summed E-state index contributed by atoms with van der Waals surface area (Å²) >= 11 is 3.41. The highest BCUT2D eigenvalue weighted by molar-refractivity contribution is 9.10. The van der Waals surface area contributed by atoms with E-state index in [0.29, 0.717) is 25.5 Å². The second-order valence-corrected chi connectivity index (χ2v) is 7.38. The molecule has 0 bridgehead atoms. The van der Waals surface area contributed by atoms with Crippen molar-refractivity contribution in [3.63, 3.8) is 0 Å². The second kappa shape index (κ2) is 10.9. The average molecular weight is 438 g/mol. The zero-order valence-electron chi connectivity index (χ0n) is 16.0. The molecule has 0 atom stereocenters. The molecule has 1 fully saturated rings. The number of carbonyl (C=O) groups is 2. The molecule has 3 N–H and O–H groups in total. The first-order valence-corrected chi connectivity index (χ1v) is 10.1. The van der Waals surface area contributed by atoms with Crippen LogP contribution in [-0.2, 0) is 9.59 Å². The van der Waals surface area contributed by atoms with Gasteiger partial charge < -0.3 is 20.9 Å². The summed E-state index contributed by atoms with van der Waals surface area (Å²) in [7, 11) is 0. The molecule has 0 radical (unpaired) electrons. The van der Waals surface area contributed by atoms with Crippen LogP contribution >= 0.6 is 15.9 Å². The summed E-state index contributed by atoms with van der Waals surface area (Å²) in [6.07, 6.45) is 2.45. The Bertz CT molecular complexity index is 687. The average Bonchev–Trinajstić information content (AvgIpc) is 3.16. The first-order valence-electron chi connectivity index (χ1n) is 9.35. The van der Waals surface area contributed by atoms with E-state index in [-0.39, 0.29) is 18.4 Å². The minimum absolute atomic E-state index is 0.0492. The van der Waals surface area contributed by atoms with E-state index in [9.17, 15) is 9.59 Å². The number of nitrogens with one attached hydrogen (secondary N) is 3. The first-order chi connectivity index (χ1) is 13.0. The summed E-state index contributed by atoms with van der Waals surface area (Å²) in [4.78, 5) is 30.4. The molecule has 1 aromatic carbocycles. The molecule has 0 aliphatic carbocycles. The zero-order chi connectivity index (χ0) is 19.6. The van der Waals surface area contributed by atoms with E-state index < -0.39 is 0 Å². The number of hydrogen-bond acceptors (Lipinski definition) is 3. The summed E-state index contributed by atoms with van der Waals surface area (Å²) in [5.41, 5.74) is 1.81. The molecule has 0 unspecified atom stereocenters. The minimum atomic E-state index is -0.0723. The molecule has 7 nitrogen and oxygen atoms in total. The highest BCUT2D eigenvalue weighted by Gasteiger charge is 2.17. The summed E-state index contributed by atoms with van der Waals surface area (Å²) < 4.78 is 0.981. The number of benzene rings is 1.